The summed E-state index contributed by atoms with van der Waals surface area (Å²) in [6, 6.07) is 16.9. The number of aliphatic imine (C=N–C) groups is 2. The Labute approximate surface area is 271 Å². The molecule has 0 bridgehead atoms. The zero-order valence-corrected chi connectivity index (χ0v) is 26.9. The minimum Gasteiger partial charge on any atom is -0.493 e. The predicted molar refractivity (Wildman–Crippen MR) is 178 cm³/mol. The Kier molecular flexibility index (Phi) is 9.79. The average Bonchev–Trinajstić information content (AvgIpc) is 3.30. The number of amides is 2. The normalized spacial score (nSPS) is 13.9. The Morgan fingerprint density at radius 1 is 0.596 bits per heavy atom. The molecular formula is C35H34FN5O6. The van der Waals surface area contributed by atoms with Crippen LogP contribution >= 0.6 is 0 Å². The van der Waals surface area contributed by atoms with Crippen molar-refractivity contribution >= 4 is 34.6 Å². The van der Waals surface area contributed by atoms with Crippen LogP contribution in [-0.4, -0.2) is 83.8 Å². The van der Waals surface area contributed by atoms with Crippen LogP contribution in [0.2, 0.25) is 0 Å². The van der Waals surface area contributed by atoms with E-state index >= 15 is 0 Å². The van der Waals surface area contributed by atoms with Crippen LogP contribution in [0.15, 0.2) is 83.0 Å². The summed E-state index contributed by atoms with van der Waals surface area (Å²) >= 11 is 0. The van der Waals surface area contributed by atoms with Crippen molar-refractivity contribution in [1.29, 1.82) is 0 Å². The maximum absolute atomic E-state index is 13.2. The van der Waals surface area contributed by atoms with Gasteiger partial charge in [-0.25, -0.2) is 4.39 Å². The summed E-state index contributed by atoms with van der Waals surface area (Å²) in [5.74, 6) is 1.68. The largest absolute Gasteiger partial charge is 0.493 e. The van der Waals surface area contributed by atoms with Crippen LogP contribution in [-0.2, 0) is 9.59 Å². The van der Waals surface area contributed by atoms with Crippen LogP contribution < -0.4 is 28.7 Å². The number of methoxy groups -OCH3 is 4. The Balaban J connectivity index is 0.000000185. The lowest BCUT2D eigenvalue weighted by molar-refractivity contribution is -0.117. The number of fused-ring (bicyclic) bond motifs is 2. The highest BCUT2D eigenvalue weighted by atomic mass is 19.1. The number of rotatable bonds is 6. The topological polar surface area (TPSA) is 115 Å². The van der Waals surface area contributed by atoms with E-state index in [9.17, 15) is 14.0 Å². The molecule has 0 saturated heterocycles. The molecule has 2 aliphatic rings. The first-order chi connectivity index (χ1) is 22.7. The van der Waals surface area contributed by atoms with Gasteiger partial charge in [-0.3, -0.25) is 24.6 Å². The summed E-state index contributed by atoms with van der Waals surface area (Å²) in [5, 5.41) is 0. The van der Waals surface area contributed by atoms with Gasteiger partial charge in [-0.2, -0.15) is 0 Å². The van der Waals surface area contributed by atoms with Gasteiger partial charge in [-0.1, -0.05) is 0 Å². The second kappa shape index (κ2) is 14.1. The van der Waals surface area contributed by atoms with Gasteiger partial charge in [0.25, 0.3) is 0 Å². The number of ether oxygens (including phenoxy) is 4. The number of halogens is 1. The number of anilines is 2. The highest BCUT2D eigenvalue weighted by Gasteiger charge is 2.26. The van der Waals surface area contributed by atoms with E-state index in [0.29, 0.717) is 34.4 Å². The molecule has 47 heavy (non-hydrogen) atoms. The predicted octanol–water partition coefficient (Wildman–Crippen LogP) is 4.57. The van der Waals surface area contributed by atoms with Crippen molar-refractivity contribution in [2.75, 3.05) is 65.4 Å². The van der Waals surface area contributed by atoms with E-state index < -0.39 is 0 Å². The van der Waals surface area contributed by atoms with E-state index in [4.69, 9.17) is 18.9 Å². The van der Waals surface area contributed by atoms with Gasteiger partial charge in [-0.05, 0) is 48.5 Å². The molecule has 0 N–H and O–H groups in total. The molecule has 11 nitrogen and oxygen atoms in total. The molecule has 0 spiro atoms. The summed E-state index contributed by atoms with van der Waals surface area (Å²) in [6.07, 6.45) is 3.41. The minimum atomic E-state index is -0.325. The minimum absolute atomic E-state index is 0.0164. The molecule has 12 heteroatoms. The quantitative estimate of drug-likeness (QED) is 0.304. The van der Waals surface area contributed by atoms with E-state index in [2.05, 4.69) is 15.0 Å². The lowest BCUT2D eigenvalue weighted by atomic mass is 9.99. The van der Waals surface area contributed by atoms with Gasteiger partial charge >= 0.3 is 0 Å². The maximum atomic E-state index is 13.2. The number of likely N-dealkylation sites (N-methyl/N-ethyl adjacent to an activating group) is 2. The first-order valence-corrected chi connectivity index (χ1v) is 14.5. The van der Waals surface area contributed by atoms with Gasteiger partial charge in [0, 0.05) is 60.9 Å². The molecular weight excluding hydrogens is 605 g/mol. The first kappa shape index (κ1) is 32.6. The van der Waals surface area contributed by atoms with Crippen molar-refractivity contribution in [3.63, 3.8) is 0 Å². The van der Waals surface area contributed by atoms with Gasteiger partial charge in [0.05, 0.1) is 51.2 Å². The SMILES string of the molecule is COc1cc2c(cc1OC)N(C)C(=O)CN=C2c1ccc(F)cc1.COc1cc2c(cc1OC)N(C)C(=O)CN=C2c1ccncc1. The standard InChI is InChI=1S/C18H17FN2O3.C17H17N3O3/c1-21-14-9-16(24-3)15(23-2)8-13(14)18(20-10-17(21)22)11-4-6-12(19)7-5-11;1-20-13-9-15(23-3)14(22-2)8-12(13)17(19-10-16(20)21)11-4-6-18-7-5-11/h4-9H,10H2,1-3H3;4-9H,10H2,1-3H3. The lowest BCUT2D eigenvalue weighted by Crippen LogP contribution is -2.27. The van der Waals surface area contributed by atoms with Crippen LogP contribution in [0.1, 0.15) is 22.3 Å². The highest BCUT2D eigenvalue weighted by Crippen LogP contribution is 2.38. The number of carbonyl (C=O) groups is 2. The summed E-state index contributed by atoms with van der Waals surface area (Å²) in [5.41, 5.74) is 5.93. The molecule has 2 amide bonds. The number of pyridine rings is 1. The summed E-state index contributed by atoms with van der Waals surface area (Å²) in [4.78, 5) is 40.6. The molecule has 2 aliphatic heterocycles. The van der Waals surface area contributed by atoms with Crippen molar-refractivity contribution in [2.24, 2.45) is 9.98 Å². The number of aromatic nitrogens is 1. The second-order valence-electron chi connectivity index (χ2n) is 10.4. The van der Waals surface area contributed by atoms with Crippen molar-refractivity contribution in [3.8, 4) is 23.0 Å². The smallest absolute Gasteiger partial charge is 0.248 e. The van der Waals surface area contributed by atoms with Crippen LogP contribution in [0, 0.1) is 5.82 Å². The molecule has 0 atom stereocenters. The zero-order chi connectivity index (χ0) is 33.7. The Bertz CT molecular complexity index is 1860. The second-order valence-corrected chi connectivity index (χ2v) is 10.4. The van der Waals surface area contributed by atoms with Gasteiger partial charge in [-0.15, -0.1) is 0 Å². The third kappa shape index (κ3) is 6.62. The molecule has 6 rings (SSSR count). The van der Waals surface area contributed by atoms with Crippen molar-refractivity contribution in [2.45, 2.75) is 0 Å². The van der Waals surface area contributed by atoms with Gasteiger partial charge in [0.2, 0.25) is 11.8 Å². The molecule has 242 valence electrons. The number of benzene rings is 3. The molecule has 0 saturated carbocycles. The molecule has 3 aromatic carbocycles. The number of nitrogens with zero attached hydrogens (tertiary/aromatic N) is 5. The Hall–Kier alpha value is -5.78. The van der Waals surface area contributed by atoms with E-state index in [1.807, 2.05) is 18.2 Å². The first-order valence-electron chi connectivity index (χ1n) is 14.5. The van der Waals surface area contributed by atoms with Crippen LogP contribution in [0.4, 0.5) is 15.8 Å². The molecule has 4 aromatic rings. The summed E-state index contributed by atoms with van der Waals surface area (Å²) in [7, 11) is 9.66. The Morgan fingerprint density at radius 2 is 0.979 bits per heavy atom. The van der Waals surface area contributed by atoms with E-state index in [-0.39, 0.29) is 30.7 Å². The fourth-order valence-electron chi connectivity index (χ4n) is 5.23. The number of hydrogen-bond acceptors (Lipinski definition) is 9. The summed E-state index contributed by atoms with van der Waals surface area (Å²) in [6.45, 7) is 0.107. The molecule has 0 radical (unpaired) electrons. The summed E-state index contributed by atoms with van der Waals surface area (Å²) < 4.78 is 34.7. The number of benzodiazepines with no additional fused rings is 2. The molecule has 3 heterocycles. The fourth-order valence-corrected chi connectivity index (χ4v) is 5.23. The van der Waals surface area contributed by atoms with E-state index in [1.165, 1.54) is 24.1 Å². The molecule has 1 aromatic heterocycles. The fraction of sp³-hybridized carbons (Fsp3) is 0.229. The van der Waals surface area contributed by atoms with Crippen molar-refractivity contribution in [1.82, 2.24) is 4.98 Å². The Morgan fingerprint density at radius 3 is 1.38 bits per heavy atom. The van der Waals surface area contributed by atoms with E-state index in [0.717, 1.165) is 33.7 Å². The monoisotopic (exact) mass is 639 g/mol. The van der Waals surface area contributed by atoms with Crippen molar-refractivity contribution in [3.05, 3.63) is 101 Å². The number of carbonyl (C=O) groups excluding carboxylic acids is 2. The third-order valence-corrected chi connectivity index (χ3v) is 7.80. The maximum Gasteiger partial charge on any atom is 0.248 e. The van der Waals surface area contributed by atoms with Crippen molar-refractivity contribution < 1.29 is 32.9 Å². The molecule has 0 unspecified atom stereocenters. The van der Waals surface area contributed by atoms with Crippen LogP contribution in [0.25, 0.3) is 0 Å². The third-order valence-electron chi connectivity index (χ3n) is 7.80. The van der Waals surface area contributed by atoms with Gasteiger partial charge in [0.1, 0.15) is 18.9 Å². The van der Waals surface area contributed by atoms with Crippen LogP contribution in [0.3, 0.4) is 0 Å². The number of hydrogen-bond donors (Lipinski definition) is 0. The van der Waals surface area contributed by atoms with Gasteiger partial charge in [0.15, 0.2) is 23.0 Å². The lowest BCUT2D eigenvalue weighted by Gasteiger charge is -2.20. The van der Waals surface area contributed by atoms with Crippen LogP contribution in [0.5, 0.6) is 23.0 Å². The highest BCUT2D eigenvalue weighted by molar-refractivity contribution is 6.20. The van der Waals surface area contributed by atoms with E-state index in [1.54, 1.807) is 83.1 Å². The average molecular weight is 640 g/mol. The molecule has 0 fully saturated rings. The zero-order valence-electron chi connectivity index (χ0n) is 26.9. The molecule has 0 aliphatic carbocycles. The van der Waals surface area contributed by atoms with Gasteiger partial charge < -0.3 is 28.7 Å².